The molecule has 16 heavy (non-hydrogen) atoms. The molecular formula is C10H16N4O2. The van der Waals surface area contributed by atoms with Crippen LogP contribution < -0.4 is 10.6 Å². The van der Waals surface area contributed by atoms with Gasteiger partial charge in [-0.25, -0.2) is 0 Å². The zero-order valence-electron chi connectivity index (χ0n) is 9.40. The maximum Gasteiger partial charge on any atom is 0.271 e. The van der Waals surface area contributed by atoms with Crippen molar-refractivity contribution in [3.05, 3.63) is 17.8 Å². The van der Waals surface area contributed by atoms with Crippen molar-refractivity contribution < 1.29 is 9.90 Å². The van der Waals surface area contributed by atoms with E-state index in [0.29, 0.717) is 18.8 Å². The number of amides is 1. The smallest absolute Gasteiger partial charge is 0.271 e. The molecule has 1 aromatic heterocycles. The van der Waals surface area contributed by atoms with E-state index in [0.717, 1.165) is 0 Å². The number of aliphatic hydroxyl groups is 1. The van der Waals surface area contributed by atoms with E-state index >= 15 is 0 Å². The third-order valence-electron chi connectivity index (χ3n) is 1.99. The molecule has 1 amide bonds. The Kier molecular flexibility index (Phi) is 4.65. The van der Waals surface area contributed by atoms with Crippen molar-refractivity contribution in [2.24, 2.45) is 0 Å². The summed E-state index contributed by atoms with van der Waals surface area (Å²) in [4.78, 5) is 11.2. The van der Waals surface area contributed by atoms with Crippen LogP contribution in [0.5, 0.6) is 0 Å². The minimum Gasteiger partial charge on any atom is -0.393 e. The molecule has 0 spiro atoms. The largest absolute Gasteiger partial charge is 0.393 e. The number of nitrogens with one attached hydrogen (secondary N) is 2. The first-order chi connectivity index (χ1) is 7.63. The Bertz CT molecular complexity index is 337. The number of carbonyl (C=O) groups is 1. The molecule has 0 saturated heterocycles. The van der Waals surface area contributed by atoms with Crippen molar-refractivity contribution in [3.8, 4) is 0 Å². The van der Waals surface area contributed by atoms with E-state index in [9.17, 15) is 4.79 Å². The number of hydrogen-bond donors (Lipinski definition) is 3. The summed E-state index contributed by atoms with van der Waals surface area (Å²) in [5.74, 6) is 0.330. The summed E-state index contributed by atoms with van der Waals surface area (Å²) < 4.78 is 0. The summed E-state index contributed by atoms with van der Waals surface area (Å²) in [6.07, 6.45) is 0.296. The number of aromatic nitrogens is 2. The minimum atomic E-state index is -0.342. The number of rotatable bonds is 5. The van der Waals surface area contributed by atoms with Gasteiger partial charge in [-0.05, 0) is 25.5 Å². The fourth-order valence-corrected chi connectivity index (χ4v) is 1.08. The van der Waals surface area contributed by atoms with Gasteiger partial charge in [0.05, 0.1) is 6.10 Å². The zero-order chi connectivity index (χ0) is 12.0. The average molecular weight is 224 g/mol. The number of hydrogen-bond acceptors (Lipinski definition) is 5. The molecule has 0 fully saturated rings. The maximum absolute atomic E-state index is 11.2. The van der Waals surface area contributed by atoms with Crippen LogP contribution in [0.4, 0.5) is 5.82 Å². The second kappa shape index (κ2) is 6.02. The van der Waals surface area contributed by atoms with Crippen molar-refractivity contribution in [1.82, 2.24) is 15.5 Å². The van der Waals surface area contributed by atoms with E-state index in [4.69, 9.17) is 5.11 Å². The number of nitrogens with zero attached hydrogens (tertiary/aromatic N) is 2. The van der Waals surface area contributed by atoms with Crippen molar-refractivity contribution in [2.45, 2.75) is 19.4 Å². The maximum atomic E-state index is 11.2. The Hall–Kier alpha value is -1.69. The molecule has 1 rings (SSSR count). The van der Waals surface area contributed by atoms with Gasteiger partial charge in [0.15, 0.2) is 5.69 Å². The Morgan fingerprint density at radius 2 is 2.25 bits per heavy atom. The molecule has 0 aromatic carbocycles. The van der Waals surface area contributed by atoms with E-state index in [1.54, 1.807) is 26.1 Å². The lowest BCUT2D eigenvalue weighted by atomic mass is 10.3. The molecule has 1 aromatic rings. The van der Waals surface area contributed by atoms with Gasteiger partial charge < -0.3 is 15.7 Å². The standard InChI is InChI=1S/C10H16N4O2/c1-7(15)5-6-12-9-4-3-8(13-14-9)10(16)11-2/h3-4,7,15H,5-6H2,1-2H3,(H,11,16)(H,12,14). The predicted octanol–water partition coefficient (Wildman–Crippen LogP) is 0.0190. The highest BCUT2D eigenvalue weighted by atomic mass is 16.3. The van der Waals surface area contributed by atoms with Gasteiger partial charge in [-0.2, -0.15) is 0 Å². The molecule has 6 heteroatoms. The molecule has 3 N–H and O–H groups in total. The molecule has 0 saturated carbocycles. The van der Waals surface area contributed by atoms with Crippen molar-refractivity contribution in [1.29, 1.82) is 0 Å². The predicted molar refractivity (Wildman–Crippen MR) is 60.2 cm³/mol. The molecule has 0 aliphatic heterocycles. The second-order valence-corrected chi connectivity index (χ2v) is 3.45. The van der Waals surface area contributed by atoms with E-state index in [1.165, 1.54) is 0 Å². The highest BCUT2D eigenvalue weighted by molar-refractivity contribution is 5.91. The van der Waals surface area contributed by atoms with Crippen LogP contribution in [0.2, 0.25) is 0 Å². The summed E-state index contributed by atoms with van der Waals surface area (Å²) in [5, 5.41) is 22.1. The van der Waals surface area contributed by atoms with Crippen LogP contribution in [0, 0.1) is 0 Å². The van der Waals surface area contributed by atoms with Gasteiger partial charge in [0.2, 0.25) is 0 Å². The first-order valence-electron chi connectivity index (χ1n) is 5.11. The van der Waals surface area contributed by atoms with Crippen LogP contribution in [0.25, 0.3) is 0 Å². The number of anilines is 1. The van der Waals surface area contributed by atoms with Gasteiger partial charge >= 0.3 is 0 Å². The van der Waals surface area contributed by atoms with Crippen LogP contribution in [0.3, 0.4) is 0 Å². The highest BCUT2D eigenvalue weighted by Crippen LogP contribution is 2.02. The van der Waals surface area contributed by atoms with Crippen molar-refractivity contribution >= 4 is 11.7 Å². The SMILES string of the molecule is CNC(=O)c1ccc(NCCC(C)O)nn1. The van der Waals surface area contributed by atoms with Crippen molar-refractivity contribution in [2.75, 3.05) is 18.9 Å². The molecule has 1 unspecified atom stereocenters. The minimum absolute atomic E-state index is 0.261. The van der Waals surface area contributed by atoms with Gasteiger partial charge in [0.1, 0.15) is 5.82 Å². The lowest BCUT2D eigenvalue weighted by molar-refractivity contribution is 0.0957. The molecule has 6 nitrogen and oxygen atoms in total. The molecule has 0 radical (unpaired) electrons. The summed E-state index contributed by atoms with van der Waals surface area (Å²) in [6.45, 7) is 2.34. The van der Waals surface area contributed by atoms with Crippen LogP contribution in [0.1, 0.15) is 23.8 Å². The Morgan fingerprint density at radius 3 is 2.75 bits per heavy atom. The lowest BCUT2D eigenvalue weighted by Gasteiger charge is -2.06. The molecule has 88 valence electrons. The fraction of sp³-hybridized carbons (Fsp3) is 0.500. The highest BCUT2D eigenvalue weighted by Gasteiger charge is 2.05. The van der Waals surface area contributed by atoms with E-state index in [2.05, 4.69) is 20.8 Å². The van der Waals surface area contributed by atoms with Crippen LogP contribution >= 0.6 is 0 Å². The molecule has 0 aliphatic rings. The quantitative estimate of drug-likeness (QED) is 0.656. The lowest BCUT2D eigenvalue weighted by Crippen LogP contribution is -2.20. The third kappa shape index (κ3) is 3.82. The Balaban J connectivity index is 2.48. The molecule has 1 atom stereocenters. The average Bonchev–Trinajstić information content (AvgIpc) is 2.28. The topological polar surface area (TPSA) is 87.1 Å². The summed E-state index contributed by atoms with van der Waals surface area (Å²) in [7, 11) is 1.54. The van der Waals surface area contributed by atoms with E-state index in [-0.39, 0.29) is 17.7 Å². The van der Waals surface area contributed by atoms with Gasteiger partial charge in [-0.3, -0.25) is 4.79 Å². The van der Waals surface area contributed by atoms with Gasteiger partial charge in [-0.1, -0.05) is 0 Å². The van der Waals surface area contributed by atoms with Crippen LogP contribution in [-0.2, 0) is 0 Å². The van der Waals surface area contributed by atoms with E-state index in [1.807, 2.05) is 0 Å². The Morgan fingerprint density at radius 1 is 1.50 bits per heavy atom. The molecular weight excluding hydrogens is 208 g/mol. The van der Waals surface area contributed by atoms with Crippen molar-refractivity contribution in [3.63, 3.8) is 0 Å². The summed E-state index contributed by atoms with van der Waals surface area (Å²) >= 11 is 0. The fourth-order valence-electron chi connectivity index (χ4n) is 1.08. The zero-order valence-corrected chi connectivity index (χ0v) is 9.40. The second-order valence-electron chi connectivity index (χ2n) is 3.45. The monoisotopic (exact) mass is 224 g/mol. The molecule has 0 aliphatic carbocycles. The number of aliphatic hydroxyl groups excluding tert-OH is 1. The number of carbonyl (C=O) groups excluding carboxylic acids is 1. The van der Waals surface area contributed by atoms with Gasteiger partial charge in [-0.15, -0.1) is 10.2 Å². The third-order valence-corrected chi connectivity index (χ3v) is 1.99. The molecule has 1 heterocycles. The van der Waals surface area contributed by atoms with Crippen LogP contribution in [-0.4, -0.2) is 40.9 Å². The van der Waals surface area contributed by atoms with Gasteiger partial charge in [0, 0.05) is 13.6 Å². The Labute approximate surface area is 94.1 Å². The normalized spacial score (nSPS) is 11.9. The van der Waals surface area contributed by atoms with E-state index < -0.39 is 0 Å². The molecule has 0 bridgehead atoms. The van der Waals surface area contributed by atoms with Crippen LogP contribution in [0.15, 0.2) is 12.1 Å². The summed E-state index contributed by atoms with van der Waals surface area (Å²) in [6, 6.07) is 3.27. The first-order valence-corrected chi connectivity index (χ1v) is 5.11. The first kappa shape index (κ1) is 12.4. The van der Waals surface area contributed by atoms with Gasteiger partial charge in [0.25, 0.3) is 5.91 Å². The summed E-state index contributed by atoms with van der Waals surface area (Å²) in [5.41, 5.74) is 0.281.